The molecule has 0 aromatic heterocycles. The number of rotatable bonds is 16. The lowest BCUT2D eigenvalue weighted by molar-refractivity contribution is -0.304. The summed E-state index contributed by atoms with van der Waals surface area (Å²) < 4.78 is 40.5. The van der Waals surface area contributed by atoms with Crippen molar-refractivity contribution in [3.8, 4) is 5.75 Å². The van der Waals surface area contributed by atoms with Gasteiger partial charge in [-0.25, -0.2) is 4.57 Å². The number of para-hydroxylation sites is 1. The van der Waals surface area contributed by atoms with Crippen LogP contribution in [0.5, 0.6) is 5.75 Å². The first-order chi connectivity index (χ1) is 17.0. The summed E-state index contributed by atoms with van der Waals surface area (Å²) in [5, 5.41) is 21.1. The van der Waals surface area contributed by atoms with Crippen molar-refractivity contribution in [2.45, 2.75) is 115 Å². The number of hydrogen-bond donors (Lipinski definition) is 2. The van der Waals surface area contributed by atoms with Crippen LogP contribution in [0.1, 0.15) is 84.0 Å². The van der Waals surface area contributed by atoms with Crippen LogP contribution in [-0.2, 0) is 23.1 Å². The van der Waals surface area contributed by atoms with Crippen molar-refractivity contribution in [2.75, 3.05) is 13.2 Å². The Morgan fingerprint density at radius 1 is 0.886 bits per heavy atom. The molecule has 0 amide bonds. The highest BCUT2D eigenvalue weighted by Gasteiger charge is 2.53. The molecule has 2 saturated heterocycles. The van der Waals surface area contributed by atoms with E-state index in [1.54, 1.807) is 30.3 Å². The molecule has 1 aromatic rings. The van der Waals surface area contributed by atoms with Gasteiger partial charge in [-0.3, -0.25) is 9.05 Å². The van der Waals surface area contributed by atoms with Gasteiger partial charge in [-0.15, -0.1) is 0 Å². The summed E-state index contributed by atoms with van der Waals surface area (Å²) in [5.74, 6) is 0.324. The number of phosphoric ester groups is 1. The number of unbranched alkanes of at least 4 members (excludes halogenated alkanes) is 11. The van der Waals surface area contributed by atoms with E-state index < -0.39 is 38.5 Å². The van der Waals surface area contributed by atoms with Crippen molar-refractivity contribution < 1.29 is 37.8 Å². The minimum absolute atomic E-state index is 0.100. The van der Waals surface area contributed by atoms with Gasteiger partial charge in [0, 0.05) is 6.61 Å². The molecule has 0 radical (unpaired) electrons. The van der Waals surface area contributed by atoms with Gasteiger partial charge in [0.2, 0.25) is 0 Å². The van der Waals surface area contributed by atoms with E-state index in [4.69, 9.17) is 23.0 Å². The van der Waals surface area contributed by atoms with Crippen LogP contribution in [0.3, 0.4) is 0 Å². The zero-order valence-electron chi connectivity index (χ0n) is 21.0. The molecule has 0 aliphatic carbocycles. The lowest BCUT2D eigenvalue weighted by Crippen LogP contribution is -2.61. The quantitative estimate of drug-likeness (QED) is 0.212. The van der Waals surface area contributed by atoms with Gasteiger partial charge in [-0.05, 0) is 18.6 Å². The second-order valence-corrected chi connectivity index (χ2v) is 11.0. The molecule has 200 valence electrons. The minimum Gasteiger partial charge on any atom is -0.404 e. The SMILES string of the molecule is CCCCCCCCCCCCCCO[C@H]1O[C@@H]2COP(=O)(Oc3ccccc3)O[C@H]2[C@H](O)[C@H]1O. The summed E-state index contributed by atoms with van der Waals surface area (Å²) in [4.78, 5) is 0. The van der Waals surface area contributed by atoms with Gasteiger partial charge in [-0.2, -0.15) is 0 Å². The number of hydrogen-bond acceptors (Lipinski definition) is 8. The highest BCUT2D eigenvalue weighted by Crippen LogP contribution is 2.55. The first-order valence-electron chi connectivity index (χ1n) is 13.3. The first kappa shape index (κ1) is 28.6. The molecule has 2 aliphatic rings. The van der Waals surface area contributed by atoms with Crippen LogP contribution in [0.15, 0.2) is 30.3 Å². The third kappa shape index (κ3) is 9.43. The van der Waals surface area contributed by atoms with Gasteiger partial charge in [0.15, 0.2) is 6.29 Å². The summed E-state index contributed by atoms with van der Waals surface area (Å²) >= 11 is 0. The molecule has 3 rings (SSSR count). The highest BCUT2D eigenvalue weighted by atomic mass is 31.2. The van der Waals surface area contributed by atoms with Crippen molar-refractivity contribution in [1.82, 2.24) is 0 Å². The van der Waals surface area contributed by atoms with Crippen LogP contribution >= 0.6 is 7.82 Å². The first-order valence-corrected chi connectivity index (χ1v) is 14.8. The van der Waals surface area contributed by atoms with Crippen molar-refractivity contribution >= 4 is 7.82 Å². The molecule has 0 bridgehead atoms. The largest absolute Gasteiger partial charge is 0.530 e. The van der Waals surface area contributed by atoms with E-state index in [1.807, 2.05) is 0 Å². The zero-order chi connectivity index (χ0) is 24.9. The summed E-state index contributed by atoms with van der Waals surface area (Å²) in [5.41, 5.74) is 0. The van der Waals surface area contributed by atoms with Gasteiger partial charge in [0.25, 0.3) is 0 Å². The fourth-order valence-electron chi connectivity index (χ4n) is 4.45. The Kier molecular flexibility index (Phi) is 12.5. The molecule has 0 saturated carbocycles. The molecular formula is C26H43O8P. The summed E-state index contributed by atoms with van der Waals surface area (Å²) in [6, 6.07) is 8.51. The van der Waals surface area contributed by atoms with Crippen molar-refractivity contribution in [1.29, 1.82) is 0 Å². The monoisotopic (exact) mass is 514 g/mol. The van der Waals surface area contributed by atoms with E-state index in [0.29, 0.717) is 12.4 Å². The van der Waals surface area contributed by atoms with E-state index in [-0.39, 0.29) is 6.61 Å². The Labute approximate surface area is 209 Å². The lowest BCUT2D eigenvalue weighted by Gasteiger charge is -2.45. The maximum atomic E-state index is 12.9. The van der Waals surface area contributed by atoms with Gasteiger partial charge >= 0.3 is 7.82 Å². The topological polar surface area (TPSA) is 104 Å². The highest BCUT2D eigenvalue weighted by molar-refractivity contribution is 7.49. The van der Waals surface area contributed by atoms with Gasteiger partial charge in [0.05, 0.1) is 6.61 Å². The molecule has 6 atom stereocenters. The number of benzene rings is 1. The Balaban J connectivity index is 1.28. The predicted octanol–water partition coefficient (Wildman–Crippen LogP) is 5.75. The maximum absolute atomic E-state index is 12.9. The number of phosphoric acid groups is 1. The average Bonchev–Trinajstić information content (AvgIpc) is 2.86. The molecule has 2 heterocycles. The molecule has 1 unspecified atom stereocenters. The fourth-order valence-corrected chi connectivity index (χ4v) is 5.88. The van der Waals surface area contributed by atoms with Gasteiger partial charge < -0.3 is 24.2 Å². The van der Waals surface area contributed by atoms with E-state index in [1.165, 1.54) is 64.2 Å². The zero-order valence-corrected chi connectivity index (χ0v) is 21.9. The van der Waals surface area contributed by atoms with Crippen LogP contribution in [0.25, 0.3) is 0 Å². The second kappa shape index (κ2) is 15.3. The molecule has 1 aromatic carbocycles. The Hall–Kier alpha value is -0.990. The summed E-state index contributed by atoms with van der Waals surface area (Å²) in [6.07, 6.45) is 9.62. The van der Waals surface area contributed by atoms with E-state index in [9.17, 15) is 14.8 Å². The van der Waals surface area contributed by atoms with E-state index in [0.717, 1.165) is 12.8 Å². The van der Waals surface area contributed by atoms with Crippen molar-refractivity contribution in [2.24, 2.45) is 0 Å². The molecule has 2 fully saturated rings. The fraction of sp³-hybridized carbons (Fsp3) is 0.769. The third-order valence-corrected chi connectivity index (χ3v) is 7.93. The summed E-state index contributed by atoms with van der Waals surface area (Å²) in [6.45, 7) is 2.58. The number of ether oxygens (including phenoxy) is 2. The van der Waals surface area contributed by atoms with Gasteiger partial charge in [-0.1, -0.05) is 95.8 Å². The van der Waals surface area contributed by atoms with E-state index in [2.05, 4.69) is 6.92 Å². The van der Waals surface area contributed by atoms with Crippen LogP contribution in [0, 0.1) is 0 Å². The number of aliphatic hydroxyl groups is 2. The molecular weight excluding hydrogens is 471 g/mol. The number of aliphatic hydroxyl groups excluding tert-OH is 2. The Morgan fingerprint density at radius 2 is 1.49 bits per heavy atom. The normalized spacial score (nSPS) is 30.7. The van der Waals surface area contributed by atoms with Crippen LogP contribution < -0.4 is 4.52 Å². The standard InChI is InChI=1S/C26H43O8P/c1-2-3-4-5-6-7-8-9-10-11-12-16-19-30-26-24(28)23(27)25-22(32-26)20-31-35(29,34-25)33-21-17-14-13-15-18-21/h13-15,17-18,22-28H,2-12,16,19-20H2,1H3/t22-,23-,24-,25-,26+,35?/m1/s1. The number of fused-ring (bicyclic) bond motifs is 1. The Bertz CT molecular complexity index is 746. The second-order valence-electron chi connectivity index (χ2n) is 9.50. The molecule has 0 spiro atoms. The van der Waals surface area contributed by atoms with Gasteiger partial charge in [0.1, 0.15) is 30.2 Å². The predicted molar refractivity (Wildman–Crippen MR) is 133 cm³/mol. The van der Waals surface area contributed by atoms with Crippen LogP contribution in [-0.4, -0.2) is 54.1 Å². The molecule has 2 N–H and O–H groups in total. The minimum atomic E-state index is -3.95. The van der Waals surface area contributed by atoms with Crippen LogP contribution in [0.2, 0.25) is 0 Å². The van der Waals surface area contributed by atoms with Crippen molar-refractivity contribution in [3.05, 3.63) is 30.3 Å². The third-order valence-electron chi connectivity index (χ3n) is 6.53. The van der Waals surface area contributed by atoms with Crippen molar-refractivity contribution in [3.63, 3.8) is 0 Å². The Morgan fingerprint density at radius 3 is 2.11 bits per heavy atom. The molecule has 2 aliphatic heterocycles. The smallest absolute Gasteiger partial charge is 0.404 e. The average molecular weight is 515 g/mol. The lowest BCUT2D eigenvalue weighted by atomic mass is 9.99. The summed E-state index contributed by atoms with van der Waals surface area (Å²) in [7, 11) is -3.95. The van der Waals surface area contributed by atoms with E-state index >= 15 is 0 Å². The molecule has 8 nitrogen and oxygen atoms in total. The van der Waals surface area contributed by atoms with Crippen LogP contribution in [0.4, 0.5) is 0 Å². The molecule has 9 heteroatoms. The molecule has 35 heavy (non-hydrogen) atoms. The maximum Gasteiger partial charge on any atom is 0.530 e.